The molecule has 0 atom stereocenters. The lowest BCUT2D eigenvalue weighted by molar-refractivity contribution is -0.123. The molecule has 0 aliphatic rings. The van der Waals surface area contributed by atoms with Crippen LogP contribution in [0.1, 0.15) is 18.1 Å². The van der Waals surface area contributed by atoms with Crippen LogP contribution in [0.25, 0.3) is 11.1 Å². The van der Waals surface area contributed by atoms with E-state index in [-0.39, 0.29) is 12.5 Å². The fourth-order valence-electron chi connectivity index (χ4n) is 2.63. The molecule has 0 heterocycles. The van der Waals surface area contributed by atoms with Crippen LogP contribution in [0.4, 0.5) is 0 Å². The lowest BCUT2D eigenvalue weighted by Crippen LogP contribution is -2.25. The number of hydrazone groups is 1. The van der Waals surface area contributed by atoms with Gasteiger partial charge < -0.3 is 4.74 Å². The van der Waals surface area contributed by atoms with E-state index in [1.54, 1.807) is 18.2 Å². The molecule has 3 rings (SSSR count). The highest BCUT2D eigenvalue weighted by Crippen LogP contribution is 2.21. The normalized spacial score (nSPS) is 11.2. The van der Waals surface area contributed by atoms with Gasteiger partial charge >= 0.3 is 0 Å². The van der Waals surface area contributed by atoms with E-state index in [9.17, 15) is 4.79 Å². The highest BCUT2D eigenvalue weighted by Gasteiger charge is 2.05. The third-order valence-electron chi connectivity index (χ3n) is 4.26. The zero-order valence-electron chi connectivity index (χ0n) is 15.8. The van der Waals surface area contributed by atoms with E-state index in [1.165, 1.54) is 0 Å². The summed E-state index contributed by atoms with van der Waals surface area (Å²) in [7, 11) is 0. The second kappa shape index (κ2) is 9.20. The second-order valence-corrected chi connectivity index (χ2v) is 6.78. The first-order chi connectivity index (χ1) is 13.5. The molecule has 0 unspecified atom stereocenters. The summed E-state index contributed by atoms with van der Waals surface area (Å²) in [6, 6.07) is 23.5. The van der Waals surface area contributed by atoms with Crippen molar-refractivity contribution >= 4 is 23.2 Å². The molecule has 1 N–H and O–H groups in total. The molecule has 0 saturated heterocycles. The van der Waals surface area contributed by atoms with Gasteiger partial charge in [0.05, 0.1) is 5.71 Å². The smallest absolute Gasteiger partial charge is 0.277 e. The number of nitrogens with zero attached hydrogens (tertiary/aromatic N) is 1. The van der Waals surface area contributed by atoms with Gasteiger partial charge in [-0.05, 0) is 54.3 Å². The Morgan fingerprint density at radius 1 is 1.00 bits per heavy atom. The molecule has 0 aromatic heterocycles. The lowest BCUT2D eigenvalue weighted by atomic mass is 10.0. The maximum atomic E-state index is 12.0. The van der Waals surface area contributed by atoms with Gasteiger partial charge in [-0.1, -0.05) is 66.2 Å². The molecule has 28 heavy (non-hydrogen) atoms. The molecule has 0 fully saturated rings. The Morgan fingerprint density at radius 3 is 2.36 bits per heavy atom. The van der Waals surface area contributed by atoms with E-state index in [0.29, 0.717) is 10.8 Å². The van der Waals surface area contributed by atoms with Gasteiger partial charge in [0.25, 0.3) is 5.91 Å². The first-order valence-corrected chi connectivity index (χ1v) is 9.28. The van der Waals surface area contributed by atoms with Gasteiger partial charge in [0, 0.05) is 5.02 Å². The summed E-state index contributed by atoms with van der Waals surface area (Å²) in [5, 5.41) is 4.82. The standard InChI is InChI=1S/C23H21ClN2O2/c1-16-14-21(12-13-22(16)24)28-15-23(27)26-25-17(2)18-8-10-20(11-9-18)19-6-4-3-5-7-19/h3-14H,15H2,1-2H3,(H,26,27). The molecule has 3 aromatic rings. The van der Waals surface area contributed by atoms with E-state index >= 15 is 0 Å². The number of ether oxygens (including phenoxy) is 1. The Balaban J connectivity index is 1.56. The number of rotatable bonds is 6. The van der Waals surface area contributed by atoms with Gasteiger partial charge in [0.1, 0.15) is 5.75 Å². The number of amides is 1. The molecule has 142 valence electrons. The van der Waals surface area contributed by atoms with Crippen molar-refractivity contribution in [2.45, 2.75) is 13.8 Å². The van der Waals surface area contributed by atoms with Crippen molar-refractivity contribution in [3.05, 3.63) is 88.9 Å². The third kappa shape index (κ3) is 5.21. The molecular weight excluding hydrogens is 372 g/mol. The maximum Gasteiger partial charge on any atom is 0.277 e. The average Bonchev–Trinajstić information content (AvgIpc) is 2.73. The number of carbonyl (C=O) groups is 1. The summed E-state index contributed by atoms with van der Waals surface area (Å²) in [5.41, 5.74) is 7.37. The fraction of sp³-hybridized carbons (Fsp3) is 0.130. The van der Waals surface area contributed by atoms with Crippen LogP contribution >= 0.6 is 11.6 Å². The van der Waals surface area contributed by atoms with Crippen LogP contribution in [0.5, 0.6) is 5.75 Å². The Hall–Kier alpha value is -3.11. The van der Waals surface area contributed by atoms with Crippen molar-refractivity contribution < 1.29 is 9.53 Å². The lowest BCUT2D eigenvalue weighted by Gasteiger charge is -2.08. The van der Waals surface area contributed by atoms with Crippen molar-refractivity contribution in [2.24, 2.45) is 5.10 Å². The first-order valence-electron chi connectivity index (χ1n) is 8.91. The molecule has 1 amide bonds. The van der Waals surface area contributed by atoms with Crippen LogP contribution in [-0.4, -0.2) is 18.2 Å². The third-order valence-corrected chi connectivity index (χ3v) is 4.68. The molecule has 0 aliphatic heterocycles. The molecule has 0 spiro atoms. The van der Waals surface area contributed by atoms with E-state index < -0.39 is 0 Å². The van der Waals surface area contributed by atoms with Crippen LogP contribution < -0.4 is 10.2 Å². The highest BCUT2D eigenvalue weighted by molar-refractivity contribution is 6.31. The quantitative estimate of drug-likeness (QED) is 0.461. The van der Waals surface area contributed by atoms with Crippen molar-refractivity contribution in [3.8, 4) is 16.9 Å². The van der Waals surface area contributed by atoms with Gasteiger partial charge in [-0.15, -0.1) is 0 Å². The summed E-state index contributed by atoms with van der Waals surface area (Å²) in [6.45, 7) is 3.61. The Bertz CT molecular complexity index is 983. The van der Waals surface area contributed by atoms with Gasteiger partial charge in [0.2, 0.25) is 0 Å². The summed E-state index contributed by atoms with van der Waals surface area (Å²) in [5.74, 6) is 0.266. The maximum absolute atomic E-state index is 12.0. The van der Waals surface area contributed by atoms with Gasteiger partial charge in [-0.2, -0.15) is 5.10 Å². The molecular formula is C23H21ClN2O2. The molecule has 0 bridgehead atoms. The zero-order valence-corrected chi connectivity index (χ0v) is 16.5. The van der Waals surface area contributed by atoms with Gasteiger partial charge in [0.15, 0.2) is 6.61 Å². The number of halogens is 1. The van der Waals surface area contributed by atoms with Crippen LogP contribution in [0.2, 0.25) is 5.02 Å². The second-order valence-electron chi connectivity index (χ2n) is 6.38. The predicted molar refractivity (Wildman–Crippen MR) is 114 cm³/mol. The van der Waals surface area contributed by atoms with Crippen molar-refractivity contribution in [1.29, 1.82) is 0 Å². The summed E-state index contributed by atoms with van der Waals surface area (Å²) < 4.78 is 5.47. The zero-order chi connectivity index (χ0) is 19.9. The van der Waals surface area contributed by atoms with Crippen molar-refractivity contribution in [3.63, 3.8) is 0 Å². The number of carbonyl (C=O) groups excluding carboxylic acids is 1. The number of benzene rings is 3. The summed E-state index contributed by atoms with van der Waals surface area (Å²) in [4.78, 5) is 12.0. The van der Waals surface area contributed by atoms with E-state index in [1.807, 2.05) is 56.3 Å². The Labute approximate surface area is 169 Å². The number of aryl methyl sites for hydroxylation is 1. The van der Waals surface area contributed by atoms with Crippen molar-refractivity contribution in [2.75, 3.05) is 6.61 Å². The predicted octanol–water partition coefficient (Wildman–Crippen LogP) is 5.23. The van der Waals surface area contributed by atoms with Crippen LogP contribution in [-0.2, 0) is 4.79 Å². The topological polar surface area (TPSA) is 50.7 Å². The van der Waals surface area contributed by atoms with Crippen LogP contribution in [0.3, 0.4) is 0 Å². The van der Waals surface area contributed by atoms with Crippen LogP contribution in [0, 0.1) is 6.92 Å². The van der Waals surface area contributed by atoms with Gasteiger partial charge in [-0.3, -0.25) is 4.79 Å². The molecule has 0 saturated carbocycles. The molecule has 4 nitrogen and oxygen atoms in total. The fourth-order valence-corrected chi connectivity index (χ4v) is 2.75. The minimum Gasteiger partial charge on any atom is -0.484 e. The Kier molecular flexibility index (Phi) is 6.45. The summed E-state index contributed by atoms with van der Waals surface area (Å²) >= 11 is 5.98. The van der Waals surface area contributed by atoms with Gasteiger partial charge in [-0.25, -0.2) is 5.43 Å². The molecule has 3 aromatic carbocycles. The monoisotopic (exact) mass is 392 g/mol. The van der Waals surface area contributed by atoms with Crippen molar-refractivity contribution in [1.82, 2.24) is 5.43 Å². The number of nitrogens with one attached hydrogen (secondary N) is 1. The summed E-state index contributed by atoms with van der Waals surface area (Å²) in [6.07, 6.45) is 0. The van der Waals surface area contributed by atoms with Crippen LogP contribution in [0.15, 0.2) is 77.9 Å². The highest BCUT2D eigenvalue weighted by atomic mass is 35.5. The molecule has 5 heteroatoms. The average molecular weight is 393 g/mol. The number of hydrogen-bond donors (Lipinski definition) is 1. The first kappa shape index (κ1) is 19.6. The van der Waals surface area contributed by atoms with E-state index in [4.69, 9.17) is 16.3 Å². The minimum atomic E-state index is -0.326. The largest absolute Gasteiger partial charge is 0.484 e. The molecule has 0 radical (unpaired) electrons. The number of hydrogen-bond acceptors (Lipinski definition) is 3. The van der Waals surface area contributed by atoms with E-state index in [2.05, 4.69) is 22.7 Å². The van der Waals surface area contributed by atoms with E-state index in [0.717, 1.165) is 28.0 Å². The molecule has 0 aliphatic carbocycles. The Morgan fingerprint density at radius 2 is 1.68 bits per heavy atom. The minimum absolute atomic E-state index is 0.120. The SMILES string of the molecule is CC(=NNC(=O)COc1ccc(Cl)c(C)c1)c1ccc(-c2ccccc2)cc1.